The molecule has 0 amide bonds. The average Bonchev–Trinajstić information content (AvgIpc) is 3.24. The molecule has 1 heterocycles. The number of anilines is 1. The second-order valence-electron chi connectivity index (χ2n) is 7.12. The normalized spacial score (nSPS) is 16.0. The smallest absolute Gasteiger partial charge is 0.191 e. The fourth-order valence-electron chi connectivity index (χ4n) is 3.70. The Labute approximate surface area is 197 Å². The van der Waals surface area contributed by atoms with Crippen molar-refractivity contribution in [2.75, 3.05) is 45.3 Å². The molecule has 7 heteroatoms. The van der Waals surface area contributed by atoms with Gasteiger partial charge in [0.25, 0.3) is 0 Å². The van der Waals surface area contributed by atoms with Crippen LogP contribution in [-0.2, 0) is 6.54 Å². The molecule has 0 spiro atoms. The summed E-state index contributed by atoms with van der Waals surface area (Å²) in [5.74, 6) is 3.23. The van der Waals surface area contributed by atoms with E-state index >= 15 is 0 Å². The molecule has 1 aliphatic heterocycles. The predicted octanol–water partition coefficient (Wildman–Crippen LogP) is 3.90. The maximum atomic E-state index is 5.70. The van der Waals surface area contributed by atoms with Crippen LogP contribution in [0.15, 0.2) is 53.5 Å². The van der Waals surface area contributed by atoms with Gasteiger partial charge < -0.3 is 25.0 Å². The van der Waals surface area contributed by atoms with E-state index in [-0.39, 0.29) is 24.0 Å². The number of halogens is 1. The van der Waals surface area contributed by atoms with E-state index in [4.69, 9.17) is 9.47 Å². The Hall–Kier alpha value is -2.16. The van der Waals surface area contributed by atoms with Gasteiger partial charge in [0.15, 0.2) is 5.96 Å². The van der Waals surface area contributed by atoms with Gasteiger partial charge in [0, 0.05) is 38.8 Å². The number of methoxy groups -OCH3 is 1. The number of ether oxygens (including phenoxy) is 2. The molecule has 2 aromatic rings. The summed E-state index contributed by atoms with van der Waals surface area (Å²) in [5.41, 5.74) is 2.30. The van der Waals surface area contributed by atoms with E-state index in [2.05, 4.69) is 38.7 Å². The highest BCUT2D eigenvalue weighted by atomic mass is 127. The quantitative estimate of drug-likeness (QED) is 0.312. The zero-order chi connectivity index (χ0) is 20.5. The van der Waals surface area contributed by atoms with E-state index in [0.717, 1.165) is 49.1 Å². The standard InChI is InChI=1S/C23H32N4O2.HI/c1-4-29-21-11-7-5-9-19(21)16-26-23(24-2)25-15-18-13-14-27(17-18)20-10-6-8-12-22(20)28-3;/h5-12,18H,4,13-17H2,1-3H3,(H2,24,25,26);1H. The highest BCUT2D eigenvalue weighted by Crippen LogP contribution is 2.31. The lowest BCUT2D eigenvalue weighted by molar-refractivity contribution is 0.336. The van der Waals surface area contributed by atoms with Crippen molar-refractivity contribution in [1.29, 1.82) is 0 Å². The lowest BCUT2D eigenvalue weighted by atomic mass is 10.1. The summed E-state index contributed by atoms with van der Waals surface area (Å²) in [6.45, 7) is 6.28. The zero-order valence-corrected chi connectivity index (χ0v) is 20.4. The van der Waals surface area contributed by atoms with Crippen LogP contribution in [0.25, 0.3) is 0 Å². The Balaban J connectivity index is 0.00000320. The van der Waals surface area contributed by atoms with E-state index in [1.165, 1.54) is 5.69 Å². The van der Waals surface area contributed by atoms with Gasteiger partial charge in [-0.3, -0.25) is 4.99 Å². The molecule has 2 aromatic carbocycles. The molecule has 0 bridgehead atoms. The van der Waals surface area contributed by atoms with Crippen LogP contribution in [0.2, 0.25) is 0 Å². The molecule has 1 atom stereocenters. The molecule has 6 nitrogen and oxygen atoms in total. The fourth-order valence-corrected chi connectivity index (χ4v) is 3.70. The minimum Gasteiger partial charge on any atom is -0.495 e. The monoisotopic (exact) mass is 524 g/mol. The number of hydrogen-bond acceptors (Lipinski definition) is 4. The molecular formula is C23H33IN4O2. The topological polar surface area (TPSA) is 58.1 Å². The molecule has 30 heavy (non-hydrogen) atoms. The third-order valence-corrected chi connectivity index (χ3v) is 5.21. The highest BCUT2D eigenvalue weighted by Gasteiger charge is 2.24. The molecule has 3 rings (SSSR count). The minimum atomic E-state index is 0. The third-order valence-electron chi connectivity index (χ3n) is 5.21. The Morgan fingerprint density at radius 1 is 1.10 bits per heavy atom. The van der Waals surface area contributed by atoms with Crippen molar-refractivity contribution in [3.8, 4) is 11.5 Å². The van der Waals surface area contributed by atoms with Crippen LogP contribution in [0, 0.1) is 5.92 Å². The molecule has 0 radical (unpaired) electrons. The largest absolute Gasteiger partial charge is 0.495 e. The van der Waals surface area contributed by atoms with Crippen LogP contribution < -0.4 is 25.0 Å². The van der Waals surface area contributed by atoms with Crippen molar-refractivity contribution >= 4 is 35.6 Å². The first-order valence-electron chi connectivity index (χ1n) is 10.3. The molecule has 1 saturated heterocycles. The highest BCUT2D eigenvalue weighted by molar-refractivity contribution is 14.0. The summed E-state index contributed by atoms with van der Waals surface area (Å²) in [6, 6.07) is 16.3. The van der Waals surface area contributed by atoms with Crippen LogP contribution >= 0.6 is 24.0 Å². The van der Waals surface area contributed by atoms with Crippen LogP contribution in [0.1, 0.15) is 18.9 Å². The molecule has 1 fully saturated rings. The molecule has 2 N–H and O–H groups in total. The van der Waals surface area contributed by atoms with E-state index in [1.54, 1.807) is 14.2 Å². The number of nitrogens with zero attached hydrogens (tertiary/aromatic N) is 2. The van der Waals surface area contributed by atoms with E-state index in [9.17, 15) is 0 Å². The number of nitrogens with one attached hydrogen (secondary N) is 2. The van der Waals surface area contributed by atoms with E-state index in [1.807, 2.05) is 37.3 Å². The number of para-hydroxylation sites is 3. The number of rotatable bonds is 8. The second kappa shape index (κ2) is 12.5. The van der Waals surface area contributed by atoms with Crippen molar-refractivity contribution in [2.24, 2.45) is 10.9 Å². The van der Waals surface area contributed by atoms with Crippen molar-refractivity contribution in [1.82, 2.24) is 10.6 Å². The molecule has 0 aromatic heterocycles. The number of hydrogen-bond donors (Lipinski definition) is 2. The molecule has 164 valence electrons. The zero-order valence-electron chi connectivity index (χ0n) is 18.1. The van der Waals surface area contributed by atoms with Gasteiger partial charge in [-0.05, 0) is 37.5 Å². The summed E-state index contributed by atoms with van der Waals surface area (Å²) in [6.07, 6.45) is 1.15. The minimum absolute atomic E-state index is 0. The van der Waals surface area contributed by atoms with Gasteiger partial charge in [-0.15, -0.1) is 24.0 Å². The fraction of sp³-hybridized carbons (Fsp3) is 0.435. The average molecular weight is 524 g/mol. The van der Waals surface area contributed by atoms with Crippen LogP contribution in [0.5, 0.6) is 11.5 Å². The van der Waals surface area contributed by atoms with Gasteiger partial charge in [0.05, 0.1) is 19.4 Å². The number of aliphatic imine (C=N–C) groups is 1. The first kappa shape index (κ1) is 24.1. The first-order chi connectivity index (χ1) is 14.2. The van der Waals surface area contributed by atoms with Crippen molar-refractivity contribution in [2.45, 2.75) is 19.9 Å². The maximum absolute atomic E-state index is 5.70. The van der Waals surface area contributed by atoms with E-state index < -0.39 is 0 Å². The SMILES string of the molecule is CCOc1ccccc1CNC(=NC)NCC1CCN(c2ccccc2OC)C1.I. The molecule has 0 saturated carbocycles. The summed E-state index contributed by atoms with van der Waals surface area (Å²) in [7, 11) is 3.53. The second-order valence-corrected chi connectivity index (χ2v) is 7.12. The van der Waals surface area contributed by atoms with Crippen LogP contribution in [0.3, 0.4) is 0 Å². The first-order valence-corrected chi connectivity index (χ1v) is 10.3. The van der Waals surface area contributed by atoms with Gasteiger partial charge in [-0.25, -0.2) is 0 Å². The summed E-state index contributed by atoms with van der Waals surface area (Å²) in [5, 5.41) is 6.87. The van der Waals surface area contributed by atoms with Crippen LogP contribution in [0.4, 0.5) is 5.69 Å². The third kappa shape index (κ3) is 6.42. The number of benzene rings is 2. The van der Waals surface area contributed by atoms with Crippen molar-refractivity contribution in [3.05, 3.63) is 54.1 Å². The van der Waals surface area contributed by atoms with Gasteiger partial charge >= 0.3 is 0 Å². The Morgan fingerprint density at radius 3 is 2.57 bits per heavy atom. The Kier molecular flexibility index (Phi) is 10.1. The maximum Gasteiger partial charge on any atom is 0.191 e. The van der Waals surface area contributed by atoms with Crippen LogP contribution in [-0.4, -0.2) is 46.4 Å². The van der Waals surface area contributed by atoms with Gasteiger partial charge in [0.1, 0.15) is 11.5 Å². The lowest BCUT2D eigenvalue weighted by Gasteiger charge is -2.21. The lowest BCUT2D eigenvalue weighted by Crippen LogP contribution is -2.40. The van der Waals surface area contributed by atoms with Crippen molar-refractivity contribution in [3.63, 3.8) is 0 Å². The summed E-state index contributed by atoms with van der Waals surface area (Å²) >= 11 is 0. The van der Waals surface area contributed by atoms with Crippen molar-refractivity contribution < 1.29 is 9.47 Å². The molecule has 0 aliphatic carbocycles. The molecule has 1 unspecified atom stereocenters. The Bertz CT molecular complexity index is 815. The van der Waals surface area contributed by atoms with Gasteiger partial charge in [0.2, 0.25) is 0 Å². The van der Waals surface area contributed by atoms with Gasteiger partial charge in [-0.1, -0.05) is 30.3 Å². The number of guanidine groups is 1. The summed E-state index contributed by atoms with van der Waals surface area (Å²) in [4.78, 5) is 6.77. The molecular weight excluding hydrogens is 491 g/mol. The summed E-state index contributed by atoms with van der Waals surface area (Å²) < 4.78 is 11.2. The van der Waals surface area contributed by atoms with Gasteiger partial charge in [-0.2, -0.15) is 0 Å². The van der Waals surface area contributed by atoms with E-state index in [0.29, 0.717) is 19.1 Å². The Morgan fingerprint density at radius 2 is 1.83 bits per heavy atom. The predicted molar refractivity (Wildman–Crippen MR) is 135 cm³/mol. The molecule has 1 aliphatic rings.